The molecule has 0 aromatic heterocycles. The first kappa shape index (κ1) is 13.4. The van der Waals surface area contributed by atoms with Crippen LogP contribution in [0.5, 0.6) is 0 Å². The maximum Gasteiger partial charge on any atom is 0.238 e. The van der Waals surface area contributed by atoms with E-state index in [-0.39, 0.29) is 12.1 Å². The van der Waals surface area contributed by atoms with E-state index >= 15 is 0 Å². The summed E-state index contributed by atoms with van der Waals surface area (Å²) in [6.07, 6.45) is 4.53. The minimum atomic E-state index is -3.30. The highest BCUT2D eigenvalue weighted by Crippen LogP contribution is 2.17. The van der Waals surface area contributed by atoms with Crippen LogP contribution in [-0.2, 0) is 14.6 Å². The van der Waals surface area contributed by atoms with Gasteiger partial charge in [-0.3, -0.25) is 4.79 Å². The highest BCUT2D eigenvalue weighted by molar-refractivity contribution is 7.92. The van der Waals surface area contributed by atoms with E-state index in [1.807, 2.05) is 0 Å². The van der Waals surface area contributed by atoms with E-state index < -0.39 is 21.0 Å². The van der Waals surface area contributed by atoms with Crippen LogP contribution < -0.4 is 11.1 Å². The van der Waals surface area contributed by atoms with Crippen molar-refractivity contribution in [2.45, 2.75) is 49.9 Å². The van der Waals surface area contributed by atoms with Gasteiger partial charge in [-0.15, -0.1) is 0 Å². The zero-order valence-electron chi connectivity index (χ0n) is 9.77. The molecule has 3 N–H and O–H groups in total. The van der Waals surface area contributed by atoms with E-state index in [0.717, 1.165) is 31.9 Å². The molecule has 0 aliphatic heterocycles. The number of carbonyl (C=O) groups is 1. The molecular formula is C10H20N2O3S. The number of sulfone groups is 1. The molecule has 1 fully saturated rings. The summed E-state index contributed by atoms with van der Waals surface area (Å²) in [4.78, 5) is 11.6. The smallest absolute Gasteiger partial charge is 0.238 e. The van der Waals surface area contributed by atoms with Crippen molar-refractivity contribution in [3.63, 3.8) is 0 Å². The van der Waals surface area contributed by atoms with Crippen molar-refractivity contribution in [2.75, 3.05) is 6.26 Å². The van der Waals surface area contributed by atoms with Crippen LogP contribution in [0.15, 0.2) is 0 Å². The molecule has 0 aromatic rings. The van der Waals surface area contributed by atoms with E-state index in [2.05, 4.69) is 5.32 Å². The van der Waals surface area contributed by atoms with Crippen LogP contribution in [-0.4, -0.2) is 37.9 Å². The fourth-order valence-corrected chi connectivity index (χ4v) is 2.23. The molecule has 1 aliphatic carbocycles. The lowest BCUT2D eigenvalue weighted by Crippen LogP contribution is -2.45. The molecule has 1 aliphatic rings. The number of nitrogens with one attached hydrogen (secondary N) is 1. The second-order valence-electron chi connectivity index (χ2n) is 4.59. The first-order chi connectivity index (χ1) is 7.30. The zero-order valence-corrected chi connectivity index (χ0v) is 10.6. The monoisotopic (exact) mass is 248 g/mol. The molecule has 16 heavy (non-hydrogen) atoms. The molecule has 0 bridgehead atoms. The van der Waals surface area contributed by atoms with Crippen molar-refractivity contribution in [3.8, 4) is 0 Å². The maximum atomic E-state index is 11.6. The Hall–Kier alpha value is -0.620. The van der Waals surface area contributed by atoms with Gasteiger partial charge in [-0.1, -0.05) is 0 Å². The van der Waals surface area contributed by atoms with Gasteiger partial charge in [0.2, 0.25) is 5.91 Å². The lowest BCUT2D eigenvalue weighted by atomic mass is 9.92. The maximum absolute atomic E-state index is 11.6. The van der Waals surface area contributed by atoms with E-state index in [1.165, 1.54) is 6.92 Å². The molecule has 1 atom stereocenters. The quantitative estimate of drug-likeness (QED) is 0.724. The Morgan fingerprint density at radius 3 is 2.25 bits per heavy atom. The van der Waals surface area contributed by atoms with Crippen LogP contribution in [0.1, 0.15) is 32.6 Å². The number of hydrogen-bond acceptors (Lipinski definition) is 4. The number of rotatable bonds is 3. The molecule has 1 unspecified atom stereocenters. The first-order valence-electron chi connectivity index (χ1n) is 5.55. The van der Waals surface area contributed by atoms with Gasteiger partial charge < -0.3 is 11.1 Å². The van der Waals surface area contributed by atoms with Gasteiger partial charge in [0.25, 0.3) is 0 Å². The van der Waals surface area contributed by atoms with Gasteiger partial charge in [-0.2, -0.15) is 0 Å². The number of nitrogens with two attached hydrogens (primary N) is 1. The summed E-state index contributed by atoms with van der Waals surface area (Å²) in [5.74, 6) is -0.400. The van der Waals surface area contributed by atoms with Gasteiger partial charge in [0, 0.05) is 18.3 Å². The molecular weight excluding hydrogens is 228 g/mol. The molecule has 6 heteroatoms. The standard InChI is InChI=1S/C10H20N2O3S/c1-7(16(2,14)15)10(13)12-9-5-3-8(11)4-6-9/h7-9H,3-6,11H2,1-2H3,(H,12,13). The van der Waals surface area contributed by atoms with Crippen molar-refractivity contribution in [2.24, 2.45) is 5.73 Å². The molecule has 1 amide bonds. The summed E-state index contributed by atoms with van der Waals surface area (Å²) in [6.45, 7) is 1.42. The summed E-state index contributed by atoms with van der Waals surface area (Å²) >= 11 is 0. The lowest BCUT2D eigenvalue weighted by molar-refractivity contribution is -0.121. The van der Waals surface area contributed by atoms with Crippen LogP contribution >= 0.6 is 0 Å². The van der Waals surface area contributed by atoms with Gasteiger partial charge in [0.15, 0.2) is 9.84 Å². The molecule has 0 spiro atoms. The third-order valence-corrected chi connectivity index (χ3v) is 4.63. The zero-order chi connectivity index (χ0) is 12.3. The summed E-state index contributed by atoms with van der Waals surface area (Å²) in [6, 6.07) is 0.303. The van der Waals surface area contributed by atoms with Crippen LogP contribution in [0.4, 0.5) is 0 Å². The van der Waals surface area contributed by atoms with Crippen LogP contribution in [0, 0.1) is 0 Å². The van der Waals surface area contributed by atoms with E-state index in [1.54, 1.807) is 0 Å². The lowest BCUT2D eigenvalue weighted by Gasteiger charge is -2.27. The Kier molecular flexibility index (Phi) is 4.32. The van der Waals surface area contributed by atoms with E-state index in [4.69, 9.17) is 5.73 Å². The second-order valence-corrected chi connectivity index (χ2v) is 6.96. The minimum Gasteiger partial charge on any atom is -0.352 e. The Morgan fingerprint density at radius 2 is 1.81 bits per heavy atom. The predicted molar refractivity (Wildman–Crippen MR) is 62.7 cm³/mol. The first-order valence-corrected chi connectivity index (χ1v) is 7.51. The van der Waals surface area contributed by atoms with Gasteiger partial charge in [-0.05, 0) is 32.6 Å². The summed E-state index contributed by atoms with van der Waals surface area (Å²) in [5.41, 5.74) is 5.75. The van der Waals surface area contributed by atoms with E-state index in [9.17, 15) is 13.2 Å². The van der Waals surface area contributed by atoms with Crippen LogP contribution in [0.2, 0.25) is 0 Å². The van der Waals surface area contributed by atoms with Gasteiger partial charge in [0.05, 0.1) is 0 Å². The highest BCUT2D eigenvalue weighted by Gasteiger charge is 2.27. The fourth-order valence-electron chi connectivity index (χ4n) is 1.78. The second kappa shape index (κ2) is 5.14. The molecule has 1 rings (SSSR count). The summed E-state index contributed by atoms with van der Waals surface area (Å²) in [7, 11) is -3.30. The van der Waals surface area contributed by atoms with Crippen molar-refractivity contribution < 1.29 is 13.2 Å². The highest BCUT2D eigenvalue weighted by atomic mass is 32.2. The topological polar surface area (TPSA) is 89.3 Å². The Bertz CT molecular complexity index is 345. The SMILES string of the molecule is CC(C(=O)NC1CCC(N)CC1)S(C)(=O)=O. The van der Waals surface area contributed by atoms with Crippen molar-refractivity contribution in [3.05, 3.63) is 0 Å². The van der Waals surface area contributed by atoms with E-state index in [0.29, 0.717) is 0 Å². The third-order valence-electron chi connectivity index (χ3n) is 3.13. The Balaban J connectivity index is 2.46. The molecule has 0 saturated heterocycles. The minimum absolute atomic E-state index is 0.0801. The van der Waals surface area contributed by atoms with Crippen molar-refractivity contribution in [1.82, 2.24) is 5.32 Å². The summed E-state index contributed by atoms with van der Waals surface area (Å²) < 4.78 is 22.4. The molecule has 0 aromatic carbocycles. The average molecular weight is 248 g/mol. The normalized spacial score (nSPS) is 28.4. The number of carbonyl (C=O) groups excluding carboxylic acids is 1. The Labute approximate surface area is 96.7 Å². The molecule has 5 nitrogen and oxygen atoms in total. The van der Waals surface area contributed by atoms with Gasteiger partial charge in [-0.25, -0.2) is 8.42 Å². The van der Waals surface area contributed by atoms with Crippen LogP contribution in [0.25, 0.3) is 0 Å². The van der Waals surface area contributed by atoms with Crippen LogP contribution in [0.3, 0.4) is 0 Å². The summed E-state index contributed by atoms with van der Waals surface area (Å²) in [5, 5.41) is 1.80. The van der Waals surface area contributed by atoms with Gasteiger partial charge in [0.1, 0.15) is 5.25 Å². The van der Waals surface area contributed by atoms with Gasteiger partial charge >= 0.3 is 0 Å². The third kappa shape index (κ3) is 3.75. The van der Waals surface area contributed by atoms with Crippen molar-refractivity contribution in [1.29, 1.82) is 0 Å². The average Bonchev–Trinajstić information content (AvgIpc) is 2.19. The number of hydrogen-bond donors (Lipinski definition) is 2. The predicted octanol–water partition coefficient (Wildman–Crippen LogP) is -0.194. The molecule has 1 saturated carbocycles. The van der Waals surface area contributed by atoms with Crippen molar-refractivity contribution >= 4 is 15.7 Å². The largest absolute Gasteiger partial charge is 0.352 e. The molecule has 94 valence electrons. The fraction of sp³-hybridized carbons (Fsp3) is 0.900. The number of amides is 1. The Morgan fingerprint density at radius 1 is 1.31 bits per heavy atom. The molecule has 0 radical (unpaired) electrons. The molecule has 0 heterocycles.